The van der Waals surface area contributed by atoms with Gasteiger partial charge in [-0.3, -0.25) is 19.2 Å². The molecule has 2 rings (SSSR count). The van der Waals surface area contributed by atoms with Gasteiger partial charge in [0.2, 0.25) is 17.7 Å². The van der Waals surface area contributed by atoms with E-state index in [0.29, 0.717) is 5.56 Å². The average molecular weight is 494 g/mol. The summed E-state index contributed by atoms with van der Waals surface area (Å²) in [5.74, 6) is -4.82. The Morgan fingerprint density at radius 1 is 0.971 bits per heavy atom. The Morgan fingerprint density at radius 2 is 1.62 bits per heavy atom. The molecule has 3 amide bonds. The van der Waals surface area contributed by atoms with Gasteiger partial charge in [0.25, 0.3) is 0 Å². The number of H-pyrrole nitrogens is 1. The van der Waals surface area contributed by atoms with Crippen molar-refractivity contribution in [2.45, 2.75) is 37.4 Å². The predicted octanol–water partition coefficient (Wildman–Crippen LogP) is -0.997. The molecule has 3 unspecified atom stereocenters. The summed E-state index contributed by atoms with van der Waals surface area (Å²) in [5.41, 5.74) is 6.75. The van der Waals surface area contributed by atoms with E-state index in [1.807, 2.05) is 18.2 Å². The maximum Gasteiger partial charge on any atom is 0.326 e. The smallest absolute Gasteiger partial charge is 0.326 e. The molecule has 1 aromatic carbocycles. The van der Waals surface area contributed by atoms with Crippen molar-refractivity contribution < 1.29 is 34.2 Å². The van der Waals surface area contributed by atoms with E-state index in [4.69, 9.17) is 10.8 Å². The summed E-state index contributed by atoms with van der Waals surface area (Å²) in [6.07, 6.45) is 0.860. The first-order valence-corrected chi connectivity index (χ1v) is 11.0. The number of aromatic nitrogens is 1. The van der Waals surface area contributed by atoms with Crippen LogP contribution in [0.1, 0.15) is 18.4 Å². The fraction of sp³-hybridized carbons (Fsp3) is 0.381. The maximum atomic E-state index is 13.0. The minimum Gasteiger partial charge on any atom is -0.481 e. The summed E-state index contributed by atoms with van der Waals surface area (Å²) in [4.78, 5) is 62.8. The Morgan fingerprint density at radius 3 is 2.24 bits per heavy atom. The standard InChI is InChI=1S/C21H27N5O7S/c22-8-17(27)24-16(10-34)20(31)26-15(7-11-9-23-13-4-2-1-3-12(11)13)19(30)25-14(21(32)33)5-6-18(28)29/h1-4,9,14-16,23,34H,5-8,10,22H2,(H,24,27)(H,25,30)(H,26,31)(H,28,29)(H,32,33). The summed E-state index contributed by atoms with van der Waals surface area (Å²) in [6, 6.07) is 3.50. The number of carbonyl (C=O) groups is 5. The number of carbonyl (C=O) groups excluding carboxylic acids is 3. The van der Waals surface area contributed by atoms with Gasteiger partial charge in [-0.15, -0.1) is 0 Å². The average Bonchev–Trinajstić information content (AvgIpc) is 3.21. The van der Waals surface area contributed by atoms with Crippen molar-refractivity contribution in [1.82, 2.24) is 20.9 Å². The second kappa shape index (κ2) is 12.6. The SMILES string of the molecule is NCC(=O)NC(CS)C(=O)NC(Cc1c[nH]c2ccccc12)C(=O)NC(CCC(=O)O)C(=O)O. The van der Waals surface area contributed by atoms with Gasteiger partial charge in [0, 0.05) is 35.7 Å². The molecule has 3 atom stereocenters. The fourth-order valence-electron chi connectivity index (χ4n) is 3.25. The van der Waals surface area contributed by atoms with E-state index >= 15 is 0 Å². The van der Waals surface area contributed by atoms with Crippen molar-refractivity contribution >= 4 is 53.2 Å². The van der Waals surface area contributed by atoms with Crippen LogP contribution in [-0.2, 0) is 30.4 Å². The van der Waals surface area contributed by atoms with Crippen LogP contribution in [0.4, 0.5) is 0 Å². The molecule has 12 nitrogen and oxygen atoms in total. The summed E-state index contributed by atoms with van der Waals surface area (Å²) >= 11 is 4.05. The highest BCUT2D eigenvalue weighted by Gasteiger charge is 2.30. The molecule has 0 radical (unpaired) electrons. The number of aromatic amines is 1. The zero-order valence-electron chi connectivity index (χ0n) is 18.1. The van der Waals surface area contributed by atoms with Crippen LogP contribution in [0, 0.1) is 0 Å². The fourth-order valence-corrected chi connectivity index (χ4v) is 3.50. The number of rotatable bonds is 13. The van der Waals surface area contributed by atoms with Crippen LogP contribution in [0.5, 0.6) is 0 Å². The topological polar surface area (TPSA) is 204 Å². The second-order valence-corrected chi connectivity index (χ2v) is 7.83. The molecule has 13 heteroatoms. The lowest BCUT2D eigenvalue weighted by atomic mass is 10.0. The summed E-state index contributed by atoms with van der Waals surface area (Å²) in [7, 11) is 0. The number of carboxylic acids is 2. The molecular weight excluding hydrogens is 466 g/mol. The Bertz CT molecular complexity index is 1060. The van der Waals surface area contributed by atoms with Crippen LogP contribution in [0.3, 0.4) is 0 Å². The van der Waals surface area contributed by atoms with Gasteiger partial charge in [-0.05, 0) is 18.1 Å². The number of nitrogens with one attached hydrogen (secondary N) is 4. The molecule has 0 aliphatic rings. The van der Waals surface area contributed by atoms with Crippen molar-refractivity contribution in [2.75, 3.05) is 12.3 Å². The molecule has 0 bridgehead atoms. The van der Waals surface area contributed by atoms with E-state index < -0.39 is 54.2 Å². The molecule has 0 fully saturated rings. The zero-order chi connectivity index (χ0) is 25.3. The van der Waals surface area contributed by atoms with Gasteiger partial charge in [0.1, 0.15) is 18.1 Å². The molecule has 184 valence electrons. The minimum absolute atomic E-state index is 0.00299. The van der Waals surface area contributed by atoms with Crippen LogP contribution in [0.15, 0.2) is 30.5 Å². The van der Waals surface area contributed by atoms with E-state index in [2.05, 4.69) is 33.6 Å². The number of benzene rings is 1. The number of hydrogen-bond acceptors (Lipinski definition) is 7. The molecule has 0 saturated carbocycles. The molecular formula is C21H27N5O7S. The van der Waals surface area contributed by atoms with Gasteiger partial charge in [0.05, 0.1) is 6.54 Å². The predicted molar refractivity (Wildman–Crippen MR) is 125 cm³/mol. The Balaban J connectivity index is 2.27. The summed E-state index contributed by atoms with van der Waals surface area (Å²) < 4.78 is 0. The quantitative estimate of drug-likeness (QED) is 0.162. The highest BCUT2D eigenvalue weighted by molar-refractivity contribution is 7.80. The zero-order valence-corrected chi connectivity index (χ0v) is 19.0. The number of fused-ring (bicyclic) bond motifs is 1. The highest BCUT2D eigenvalue weighted by Crippen LogP contribution is 2.19. The van der Waals surface area contributed by atoms with E-state index in [1.54, 1.807) is 12.3 Å². The number of thiol groups is 1. The Labute approximate surface area is 200 Å². The van der Waals surface area contributed by atoms with Gasteiger partial charge in [-0.2, -0.15) is 12.6 Å². The molecule has 1 aromatic heterocycles. The summed E-state index contributed by atoms with van der Waals surface area (Å²) in [6.45, 7) is -0.347. The van der Waals surface area contributed by atoms with Crippen LogP contribution in [0.2, 0.25) is 0 Å². The van der Waals surface area contributed by atoms with E-state index in [9.17, 15) is 29.1 Å². The third kappa shape index (κ3) is 7.49. The van der Waals surface area contributed by atoms with Crippen LogP contribution >= 0.6 is 12.6 Å². The first-order valence-electron chi connectivity index (χ1n) is 10.4. The van der Waals surface area contributed by atoms with Crippen molar-refractivity contribution in [1.29, 1.82) is 0 Å². The molecule has 8 N–H and O–H groups in total. The van der Waals surface area contributed by atoms with Gasteiger partial charge in [0.15, 0.2) is 0 Å². The normalized spacial score (nSPS) is 13.5. The molecule has 1 heterocycles. The number of hydrogen-bond donors (Lipinski definition) is 8. The number of amides is 3. The number of nitrogens with two attached hydrogens (primary N) is 1. The lowest BCUT2D eigenvalue weighted by molar-refractivity contribution is -0.143. The molecule has 0 aliphatic heterocycles. The first kappa shape index (κ1) is 26.7. The monoisotopic (exact) mass is 493 g/mol. The largest absolute Gasteiger partial charge is 0.481 e. The minimum atomic E-state index is -1.47. The highest BCUT2D eigenvalue weighted by atomic mass is 32.1. The molecule has 0 saturated heterocycles. The molecule has 34 heavy (non-hydrogen) atoms. The van der Waals surface area contributed by atoms with E-state index in [0.717, 1.165) is 10.9 Å². The molecule has 0 spiro atoms. The van der Waals surface area contributed by atoms with Crippen molar-refractivity contribution in [3.63, 3.8) is 0 Å². The third-order valence-electron chi connectivity index (χ3n) is 5.01. The second-order valence-electron chi connectivity index (χ2n) is 7.46. The van der Waals surface area contributed by atoms with Crippen LogP contribution in [0.25, 0.3) is 10.9 Å². The number of carboxylic acid groups (broad SMARTS) is 2. The van der Waals surface area contributed by atoms with Crippen molar-refractivity contribution in [3.05, 3.63) is 36.0 Å². The molecule has 0 aliphatic carbocycles. The van der Waals surface area contributed by atoms with Gasteiger partial charge in [-0.1, -0.05) is 18.2 Å². The summed E-state index contributed by atoms with van der Waals surface area (Å²) in [5, 5.41) is 26.2. The van der Waals surface area contributed by atoms with Crippen molar-refractivity contribution in [3.8, 4) is 0 Å². The number of aliphatic carboxylic acids is 2. The van der Waals surface area contributed by atoms with Gasteiger partial charge in [-0.25, -0.2) is 4.79 Å². The lowest BCUT2D eigenvalue weighted by Crippen LogP contribution is -2.57. The van der Waals surface area contributed by atoms with Gasteiger partial charge >= 0.3 is 11.9 Å². The van der Waals surface area contributed by atoms with E-state index in [1.165, 1.54) is 0 Å². The van der Waals surface area contributed by atoms with Gasteiger partial charge < -0.3 is 36.9 Å². The maximum absolute atomic E-state index is 13.0. The van der Waals surface area contributed by atoms with Crippen LogP contribution < -0.4 is 21.7 Å². The lowest BCUT2D eigenvalue weighted by Gasteiger charge is -2.24. The Hall–Kier alpha value is -3.58. The van der Waals surface area contributed by atoms with Crippen LogP contribution in [-0.4, -0.2) is 75.3 Å². The van der Waals surface area contributed by atoms with E-state index in [-0.39, 0.29) is 25.1 Å². The third-order valence-corrected chi connectivity index (χ3v) is 5.38. The Kier molecular flexibility index (Phi) is 9.89. The number of para-hydroxylation sites is 1. The first-order chi connectivity index (χ1) is 16.2. The van der Waals surface area contributed by atoms with Crippen molar-refractivity contribution in [2.24, 2.45) is 5.73 Å². The molecule has 2 aromatic rings.